The molecule has 228 valence electrons. The Labute approximate surface area is 253 Å². The zero-order valence-electron chi connectivity index (χ0n) is 25.3. The van der Waals surface area contributed by atoms with E-state index in [1.807, 2.05) is 45.9 Å². The van der Waals surface area contributed by atoms with Gasteiger partial charge in [-0.3, -0.25) is 14.5 Å². The van der Waals surface area contributed by atoms with E-state index >= 15 is 0 Å². The maximum absolute atomic E-state index is 13.4. The minimum Gasteiger partial charge on any atom is -0.493 e. The first-order chi connectivity index (χ1) is 20.1. The lowest BCUT2D eigenvalue weighted by molar-refractivity contribution is -0.161. The third-order valence-corrected chi connectivity index (χ3v) is 7.54. The topological polar surface area (TPSA) is 89.9 Å². The van der Waals surface area contributed by atoms with Gasteiger partial charge in [0.05, 0.1) is 35.9 Å². The maximum Gasteiger partial charge on any atom is 0.309 e. The Kier molecular flexibility index (Phi) is 10.7. The number of likely N-dealkylation sites (tertiary alicyclic amines) is 1. The Morgan fingerprint density at radius 1 is 1.02 bits per heavy atom. The van der Waals surface area contributed by atoms with Gasteiger partial charge in [-0.1, -0.05) is 11.6 Å². The largest absolute Gasteiger partial charge is 0.493 e. The summed E-state index contributed by atoms with van der Waals surface area (Å²) in [6.07, 6.45) is 3.10. The second kappa shape index (κ2) is 14.2. The number of esters is 1. The molecule has 0 N–H and O–H groups in total. The van der Waals surface area contributed by atoms with Crippen molar-refractivity contribution in [1.82, 2.24) is 9.91 Å². The van der Waals surface area contributed by atoms with Crippen molar-refractivity contribution in [2.24, 2.45) is 11.0 Å². The molecule has 0 aromatic heterocycles. The summed E-state index contributed by atoms with van der Waals surface area (Å²) in [7, 11) is 1.61. The Morgan fingerprint density at radius 3 is 2.45 bits per heavy atom. The van der Waals surface area contributed by atoms with Crippen molar-refractivity contribution in [2.75, 3.05) is 46.5 Å². The highest BCUT2D eigenvalue weighted by Gasteiger charge is 2.29. The van der Waals surface area contributed by atoms with Gasteiger partial charge in [-0.15, -0.1) is 0 Å². The Bertz CT molecular complexity index is 1280. The van der Waals surface area contributed by atoms with Crippen molar-refractivity contribution in [2.45, 2.75) is 59.0 Å². The molecule has 0 atom stereocenters. The van der Waals surface area contributed by atoms with Crippen molar-refractivity contribution in [3.8, 4) is 17.2 Å². The number of hydrazone groups is 1. The minimum absolute atomic E-state index is 0.0469. The molecule has 2 heterocycles. The van der Waals surface area contributed by atoms with Crippen LogP contribution in [0.3, 0.4) is 0 Å². The monoisotopic (exact) mass is 599 g/mol. The van der Waals surface area contributed by atoms with E-state index in [2.05, 4.69) is 10.0 Å². The normalized spacial score (nSPS) is 16.5. The first kappa shape index (κ1) is 31.6. The first-order valence-corrected chi connectivity index (χ1v) is 15.0. The molecule has 0 spiro atoms. The van der Waals surface area contributed by atoms with E-state index in [9.17, 15) is 9.59 Å². The molecule has 2 aromatic carbocycles. The van der Waals surface area contributed by atoms with Gasteiger partial charge >= 0.3 is 5.97 Å². The summed E-state index contributed by atoms with van der Waals surface area (Å²) in [5, 5.41) is 6.46. The van der Waals surface area contributed by atoms with E-state index in [1.165, 1.54) is 5.01 Å². The van der Waals surface area contributed by atoms with Crippen LogP contribution >= 0.6 is 11.6 Å². The summed E-state index contributed by atoms with van der Waals surface area (Å²) in [5.41, 5.74) is 1.62. The molecule has 10 heteroatoms. The van der Waals surface area contributed by atoms with Crippen molar-refractivity contribution < 1.29 is 28.5 Å². The second-order valence-electron chi connectivity index (χ2n) is 11.5. The van der Waals surface area contributed by atoms with Gasteiger partial charge in [0, 0.05) is 18.7 Å². The van der Waals surface area contributed by atoms with Crippen LogP contribution in [0.15, 0.2) is 41.5 Å². The van der Waals surface area contributed by atoms with Crippen LogP contribution in [-0.2, 0) is 9.53 Å². The van der Waals surface area contributed by atoms with Gasteiger partial charge < -0.3 is 18.9 Å². The molecule has 2 aromatic rings. The highest BCUT2D eigenvalue weighted by molar-refractivity contribution is 6.34. The van der Waals surface area contributed by atoms with Crippen LogP contribution in [0.4, 0.5) is 0 Å². The Balaban J connectivity index is 1.31. The number of rotatable bonds is 10. The summed E-state index contributed by atoms with van der Waals surface area (Å²) in [4.78, 5) is 28.0. The van der Waals surface area contributed by atoms with Crippen LogP contribution in [0.2, 0.25) is 5.02 Å². The molecule has 9 nitrogen and oxygen atoms in total. The molecule has 0 bridgehead atoms. The number of benzene rings is 2. The zero-order valence-corrected chi connectivity index (χ0v) is 26.0. The third-order valence-electron chi connectivity index (χ3n) is 7.23. The van der Waals surface area contributed by atoms with Crippen LogP contribution in [0.1, 0.15) is 69.3 Å². The van der Waals surface area contributed by atoms with Gasteiger partial charge in [0.15, 0.2) is 11.5 Å². The van der Waals surface area contributed by atoms with E-state index < -0.39 is 5.60 Å². The number of amides is 1. The van der Waals surface area contributed by atoms with Crippen LogP contribution in [0.25, 0.3) is 0 Å². The summed E-state index contributed by atoms with van der Waals surface area (Å²) in [6, 6.07) is 10.8. The highest BCUT2D eigenvalue weighted by Crippen LogP contribution is 2.30. The summed E-state index contributed by atoms with van der Waals surface area (Å²) >= 11 is 6.54. The van der Waals surface area contributed by atoms with Crippen molar-refractivity contribution in [3.63, 3.8) is 0 Å². The summed E-state index contributed by atoms with van der Waals surface area (Å²) in [5.74, 6) is 1.49. The SMILES string of the molecule is CCOc1cc(C2=NN(C(=O)c3ccc(OCCN4CCC(C(=O)OC(C)(C)C)CC4)cc3Cl)CCC2)ccc1OC. The Hall–Kier alpha value is -3.30. The predicted molar refractivity (Wildman–Crippen MR) is 163 cm³/mol. The van der Waals surface area contributed by atoms with Crippen LogP contribution in [-0.4, -0.2) is 79.6 Å². The lowest BCUT2D eigenvalue weighted by atomic mass is 9.96. The highest BCUT2D eigenvalue weighted by atomic mass is 35.5. The molecule has 0 unspecified atom stereocenters. The van der Waals surface area contributed by atoms with E-state index in [0.717, 1.165) is 56.6 Å². The third kappa shape index (κ3) is 8.38. The number of hydrogen-bond acceptors (Lipinski definition) is 8. The van der Waals surface area contributed by atoms with Gasteiger partial charge in [-0.25, -0.2) is 5.01 Å². The number of nitrogens with zero attached hydrogens (tertiary/aromatic N) is 3. The van der Waals surface area contributed by atoms with Gasteiger partial charge in [0.2, 0.25) is 0 Å². The van der Waals surface area contributed by atoms with E-state index in [1.54, 1.807) is 25.3 Å². The standard InChI is InChI=1S/C32H42ClN3O6/c1-6-40-29-20-23(9-12-28(29)39-5)27-8-7-15-36(34-27)30(37)25-11-10-24(21-26(25)33)41-19-18-35-16-13-22(14-17-35)31(38)42-32(2,3)4/h9-12,20-22H,6-8,13-19H2,1-5H3. The summed E-state index contributed by atoms with van der Waals surface area (Å²) < 4.78 is 22.6. The van der Waals surface area contributed by atoms with E-state index in [0.29, 0.717) is 47.6 Å². The zero-order chi connectivity index (χ0) is 30.3. The molecule has 42 heavy (non-hydrogen) atoms. The van der Waals surface area contributed by atoms with E-state index in [-0.39, 0.29) is 17.8 Å². The lowest BCUT2D eigenvalue weighted by Crippen LogP contribution is -2.40. The molecule has 2 aliphatic rings. The molecule has 2 aliphatic heterocycles. The molecule has 0 saturated carbocycles. The smallest absolute Gasteiger partial charge is 0.309 e. The number of piperidine rings is 1. The van der Waals surface area contributed by atoms with Crippen molar-refractivity contribution in [1.29, 1.82) is 0 Å². The van der Waals surface area contributed by atoms with Crippen molar-refractivity contribution in [3.05, 3.63) is 52.5 Å². The molecule has 1 fully saturated rings. The van der Waals surface area contributed by atoms with Gasteiger partial charge in [0.1, 0.15) is 18.0 Å². The maximum atomic E-state index is 13.4. The number of halogens is 1. The van der Waals surface area contributed by atoms with Crippen molar-refractivity contribution >= 4 is 29.2 Å². The minimum atomic E-state index is -0.459. The Morgan fingerprint density at radius 2 is 1.79 bits per heavy atom. The van der Waals surface area contributed by atoms with Gasteiger partial charge in [-0.05, 0) is 103 Å². The number of carbonyl (C=O) groups excluding carboxylic acids is 2. The average Bonchev–Trinajstić information content (AvgIpc) is 2.96. The summed E-state index contributed by atoms with van der Waals surface area (Å²) in [6.45, 7) is 11.5. The van der Waals surface area contributed by atoms with Gasteiger partial charge in [0.25, 0.3) is 5.91 Å². The lowest BCUT2D eigenvalue weighted by Gasteiger charge is -2.32. The molecule has 1 saturated heterocycles. The molecule has 1 amide bonds. The molecule has 0 radical (unpaired) electrons. The number of methoxy groups -OCH3 is 1. The van der Waals surface area contributed by atoms with E-state index in [4.69, 9.17) is 30.5 Å². The van der Waals surface area contributed by atoms with Gasteiger partial charge in [-0.2, -0.15) is 5.10 Å². The fourth-order valence-electron chi connectivity index (χ4n) is 5.08. The molecule has 0 aliphatic carbocycles. The fourth-order valence-corrected chi connectivity index (χ4v) is 5.33. The fraction of sp³-hybridized carbons (Fsp3) is 0.531. The molecular weight excluding hydrogens is 558 g/mol. The van der Waals surface area contributed by atoms with Crippen LogP contribution in [0.5, 0.6) is 17.2 Å². The quantitative estimate of drug-likeness (QED) is 0.318. The predicted octanol–water partition coefficient (Wildman–Crippen LogP) is 5.82. The molecular formula is C32H42ClN3O6. The first-order valence-electron chi connectivity index (χ1n) is 14.7. The van der Waals surface area contributed by atoms with Crippen LogP contribution in [0, 0.1) is 5.92 Å². The number of ether oxygens (including phenoxy) is 4. The second-order valence-corrected chi connectivity index (χ2v) is 11.9. The van der Waals surface area contributed by atoms with Crippen LogP contribution < -0.4 is 14.2 Å². The average molecular weight is 600 g/mol. The number of carbonyl (C=O) groups is 2. The number of hydrogen-bond donors (Lipinski definition) is 0. The molecule has 4 rings (SSSR count).